The zero-order chi connectivity index (χ0) is 17.4. The predicted molar refractivity (Wildman–Crippen MR) is 102 cm³/mol. The molecule has 1 fully saturated rings. The number of nitrogens with two attached hydrogens (primary N) is 1. The molecule has 5 nitrogen and oxygen atoms in total. The number of halogens is 1. The van der Waals surface area contributed by atoms with Crippen LogP contribution in [0, 0.1) is 5.92 Å². The van der Waals surface area contributed by atoms with E-state index in [1.165, 1.54) is 19.3 Å². The number of methoxy groups -OCH3 is 1. The van der Waals surface area contributed by atoms with Crippen molar-refractivity contribution in [3.05, 3.63) is 29.8 Å². The Labute approximate surface area is 156 Å². The van der Waals surface area contributed by atoms with Crippen LogP contribution in [0.25, 0.3) is 0 Å². The first-order chi connectivity index (χ1) is 11.6. The molecular formula is C19H31ClN2O3. The summed E-state index contributed by atoms with van der Waals surface area (Å²) in [5, 5.41) is 12.9. The van der Waals surface area contributed by atoms with Crippen molar-refractivity contribution in [1.29, 1.82) is 0 Å². The third kappa shape index (κ3) is 7.22. The van der Waals surface area contributed by atoms with Crippen LogP contribution in [0.1, 0.15) is 44.1 Å². The SMILES string of the molecule is COc1cccc(CCNC(=O)C(O)[C@H](N)CC2CCCCC2)c1.Cl. The van der Waals surface area contributed by atoms with Gasteiger partial charge in [0.1, 0.15) is 11.9 Å². The molecule has 1 amide bonds. The smallest absolute Gasteiger partial charge is 0.250 e. The molecule has 0 saturated heterocycles. The van der Waals surface area contributed by atoms with Gasteiger partial charge in [-0.15, -0.1) is 12.4 Å². The van der Waals surface area contributed by atoms with Crippen molar-refractivity contribution in [3.63, 3.8) is 0 Å². The minimum atomic E-state index is -1.13. The molecule has 1 aromatic carbocycles. The maximum Gasteiger partial charge on any atom is 0.250 e. The van der Waals surface area contributed by atoms with Gasteiger partial charge in [0.05, 0.1) is 7.11 Å². The second kappa shape index (κ2) is 11.3. The van der Waals surface area contributed by atoms with E-state index in [0.29, 0.717) is 18.9 Å². The van der Waals surface area contributed by atoms with Gasteiger partial charge in [0.25, 0.3) is 0 Å². The summed E-state index contributed by atoms with van der Waals surface area (Å²) in [5.74, 6) is 0.975. The molecule has 0 heterocycles. The number of rotatable bonds is 8. The molecule has 0 bridgehead atoms. The number of carbonyl (C=O) groups excluding carboxylic acids is 1. The van der Waals surface area contributed by atoms with E-state index in [1.807, 2.05) is 24.3 Å². The Morgan fingerprint density at radius 2 is 2.08 bits per heavy atom. The van der Waals surface area contributed by atoms with Gasteiger partial charge in [-0.1, -0.05) is 44.2 Å². The van der Waals surface area contributed by atoms with Crippen molar-refractivity contribution in [2.24, 2.45) is 11.7 Å². The molecule has 142 valence electrons. The Kier molecular flexibility index (Phi) is 9.86. The Morgan fingerprint density at radius 3 is 2.76 bits per heavy atom. The second-order valence-corrected chi connectivity index (χ2v) is 6.74. The molecule has 1 saturated carbocycles. The molecule has 1 unspecified atom stereocenters. The van der Waals surface area contributed by atoms with Crippen molar-refractivity contribution in [1.82, 2.24) is 5.32 Å². The molecule has 6 heteroatoms. The van der Waals surface area contributed by atoms with Crippen LogP contribution in [-0.2, 0) is 11.2 Å². The standard InChI is InChI=1S/C19H30N2O3.ClH/c1-24-16-9-5-8-15(12-16)10-11-21-19(23)18(22)17(20)13-14-6-3-2-4-7-14;/h5,8-9,12,14,17-18,22H,2-4,6-7,10-11,13,20H2,1H3,(H,21,23);1H/t17-,18?;/m1./s1. The average Bonchev–Trinajstić information content (AvgIpc) is 2.62. The van der Waals surface area contributed by atoms with Gasteiger partial charge in [0.15, 0.2) is 0 Å². The maximum atomic E-state index is 12.1. The highest BCUT2D eigenvalue weighted by molar-refractivity contribution is 5.85. The summed E-state index contributed by atoms with van der Waals surface area (Å²) < 4.78 is 5.18. The number of carbonyl (C=O) groups is 1. The van der Waals surface area contributed by atoms with Crippen molar-refractivity contribution < 1.29 is 14.6 Å². The topological polar surface area (TPSA) is 84.6 Å². The number of amides is 1. The quantitative estimate of drug-likeness (QED) is 0.656. The van der Waals surface area contributed by atoms with Gasteiger partial charge in [0.2, 0.25) is 5.91 Å². The number of nitrogens with one attached hydrogen (secondary N) is 1. The molecule has 2 atom stereocenters. The zero-order valence-corrected chi connectivity index (χ0v) is 15.8. The number of hydrogen-bond acceptors (Lipinski definition) is 4. The molecule has 2 rings (SSSR count). The molecule has 0 radical (unpaired) electrons. The third-order valence-electron chi connectivity index (χ3n) is 4.85. The highest BCUT2D eigenvalue weighted by atomic mass is 35.5. The fraction of sp³-hybridized carbons (Fsp3) is 0.632. The van der Waals surface area contributed by atoms with E-state index < -0.39 is 12.1 Å². The number of hydrogen-bond donors (Lipinski definition) is 3. The van der Waals surface area contributed by atoms with Crippen LogP contribution in [0.3, 0.4) is 0 Å². The van der Waals surface area contributed by atoms with Crippen LogP contribution in [0.5, 0.6) is 5.75 Å². The highest BCUT2D eigenvalue weighted by Crippen LogP contribution is 2.27. The lowest BCUT2D eigenvalue weighted by atomic mass is 9.84. The molecule has 1 aliphatic rings. The molecule has 25 heavy (non-hydrogen) atoms. The Morgan fingerprint density at radius 1 is 1.36 bits per heavy atom. The van der Waals surface area contributed by atoms with Crippen molar-refractivity contribution in [3.8, 4) is 5.75 Å². The van der Waals surface area contributed by atoms with Gasteiger partial charge >= 0.3 is 0 Å². The van der Waals surface area contributed by atoms with Crippen LogP contribution in [0.2, 0.25) is 0 Å². The second-order valence-electron chi connectivity index (χ2n) is 6.74. The van der Waals surface area contributed by atoms with E-state index in [-0.39, 0.29) is 18.3 Å². The van der Waals surface area contributed by atoms with E-state index >= 15 is 0 Å². The van der Waals surface area contributed by atoms with Crippen LogP contribution in [0.4, 0.5) is 0 Å². The first kappa shape index (κ1) is 21.7. The number of ether oxygens (including phenoxy) is 1. The Balaban J connectivity index is 0.00000312. The predicted octanol–water partition coefficient (Wildman–Crippen LogP) is 2.43. The van der Waals surface area contributed by atoms with Gasteiger partial charge < -0.3 is 20.9 Å². The fourth-order valence-corrected chi connectivity index (χ4v) is 3.39. The summed E-state index contributed by atoms with van der Waals surface area (Å²) in [5.41, 5.74) is 7.12. The molecule has 0 aromatic heterocycles. The van der Waals surface area contributed by atoms with Gasteiger partial charge in [0, 0.05) is 12.6 Å². The molecule has 0 aliphatic heterocycles. The van der Waals surface area contributed by atoms with E-state index in [1.54, 1.807) is 7.11 Å². The van der Waals surface area contributed by atoms with Crippen molar-refractivity contribution >= 4 is 18.3 Å². The van der Waals surface area contributed by atoms with Crippen LogP contribution < -0.4 is 15.8 Å². The van der Waals surface area contributed by atoms with Crippen LogP contribution in [0.15, 0.2) is 24.3 Å². The fourth-order valence-electron chi connectivity index (χ4n) is 3.39. The summed E-state index contributed by atoms with van der Waals surface area (Å²) in [4.78, 5) is 12.1. The van der Waals surface area contributed by atoms with Gasteiger partial charge in [-0.2, -0.15) is 0 Å². The molecule has 1 aliphatic carbocycles. The molecular weight excluding hydrogens is 340 g/mol. The van der Waals surface area contributed by atoms with E-state index in [9.17, 15) is 9.90 Å². The van der Waals surface area contributed by atoms with Crippen molar-refractivity contribution in [2.75, 3.05) is 13.7 Å². The summed E-state index contributed by atoms with van der Waals surface area (Å²) in [6.45, 7) is 0.471. The molecule has 4 N–H and O–H groups in total. The van der Waals surface area contributed by atoms with E-state index in [2.05, 4.69) is 5.32 Å². The lowest BCUT2D eigenvalue weighted by Crippen LogP contribution is -2.47. The normalized spacial score (nSPS) is 17.2. The number of aliphatic hydroxyl groups excluding tert-OH is 1. The summed E-state index contributed by atoms with van der Waals surface area (Å²) in [6.07, 6.45) is 6.38. The van der Waals surface area contributed by atoms with Gasteiger partial charge in [-0.25, -0.2) is 0 Å². The summed E-state index contributed by atoms with van der Waals surface area (Å²) >= 11 is 0. The summed E-state index contributed by atoms with van der Waals surface area (Å²) in [6, 6.07) is 7.25. The van der Waals surface area contributed by atoms with Crippen LogP contribution in [-0.4, -0.2) is 36.8 Å². The summed E-state index contributed by atoms with van der Waals surface area (Å²) in [7, 11) is 1.63. The highest BCUT2D eigenvalue weighted by Gasteiger charge is 2.26. The third-order valence-corrected chi connectivity index (χ3v) is 4.85. The largest absolute Gasteiger partial charge is 0.497 e. The lowest BCUT2D eigenvalue weighted by molar-refractivity contribution is -0.130. The Hall–Kier alpha value is -1.30. The molecule has 1 aromatic rings. The first-order valence-corrected chi connectivity index (χ1v) is 8.94. The Bertz CT molecular complexity index is 521. The van der Waals surface area contributed by atoms with Crippen molar-refractivity contribution in [2.45, 2.75) is 57.1 Å². The first-order valence-electron chi connectivity index (χ1n) is 8.94. The minimum absolute atomic E-state index is 0. The van der Waals surface area contributed by atoms with Gasteiger partial charge in [-0.05, 0) is 36.5 Å². The molecule has 0 spiro atoms. The van der Waals surface area contributed by atoms with E-state index in [0.717, 1.165) is 30.6 Å². The monoisotopic (exact) mass is 370 g/mol. The maximum absolute atomic E-state index is 12.1. The minimum Gasteiger partial charge on any atom is -0.497 e. The number of benzene rings is 1. The van der Waals surface area contributed by atoms with E-state index in [4.69, 9.17) is 10.5 Å². The van der Waals surface area contributed by atoms with Gasteiger partial charge in [-0.3, -0.25) is 4.79 Å². The van der Waals surface area contributed by atoms with Crippen LogP contribution >= 0.6 is 12.4 Å². The lowest BCUT2D eigenvalue weighted by Gasteiger charge is -2.26. The number of aliphatic hydroxyl groups is 1. The average molecular weight is 371 g/mol. The zero-order valence-electron chi connectivity index (χ0n) is 14.9.